The molecule has 3 aromatic rings. The van der Waals surface area contributed by atoms with Crippen LogP contribution in [0.25, 0.3) is 10.9 Å². The van der Waals surface area contributed by atoms with Crippen LogP contribution in [-0.2, 0) is 24.3 Å². The third kappa shape index (κ3) is 6.05. The van der Waals surface area contributed by atoms with E-state index in [1.165, 1.54) is 26.5 Å². The van der Waals surface area contributed by atoms with Crippen LogP contribution in [0.1, 0.15) is 20.1 Å². The highest BCUT2D eigenvalue weighted by molar-refractivity contribution is 7.14. The number of anilines is 1. The van der Waals surface area contributed by atoms with Crippen LogP contribution in [0.4, 0.5) is 27.8 Å². The van der Waals surface area contributed by atoms with Crippen LogP contribution in [-0.4, -0.2) is 57.9 Å². The van der Waals surface area contributed by atoms with Gasteiger partial charge in [0.05, 0.1) is 10.4 Å². The lowest BCUT2D eigenvalue weighted by Crippen LogP contribution is -2.24. The Labute approximate surface area is 188 Å². The largest absolute Gasteiger partial charge is 0.490 e. The van der Waals surface area contributed by atoms with Crippen LogP contribution in [0, 0.1) is 0 Å². The fourth-order valence-electron chi connectivity index (χ4n) is 3.22. The third-order valence-electron chi connectivity index (χ3n) is 4.74. The number of halogens is 5. The first-order chi connectivity index (χ1) is 15.5. The zero-order valence-electron chi connectivity index (χ0n) is 17.2. The van der Waals surface area contributed by atoms with Gasteiger partial charge in [0.15, 0.2) is 5.82 Å². The lowest BCUT2D eigenvalue weighted by atomic mass is 10.1. The average molecular weight is 490 g/mol. The molecule has 7 nitrogen and oxygen atoms in total. The number of para-hydroxylation sites is 1. The minimum absolute atomic E-state index is 0.250. The van der Waals surface area contributed by atoms with Crippen LogP contribution in [0.2, 0.25) is 0 Å². The number of nitrogens with one attached hydrogen (secondary N) is 1. The second kappa shape index (κ2) is 9.83. The standard InChI is InChI=1S/C18H18F2N4OS.C2HF3O2/c1-23-7-6-11-8-14(26-15(11)9-23)18(25)21-17-12-4-2-3-5-13(12)24(22-17)10-16(19)20;3-2(4,5)1(6)7/h2-5,8,16H,6-7,9-10H2,1H3,(H,21,22,25);(H,6,7). The molecule has 0 aliphatic carbocycles. The van der Waals surface area contributed by atoms with Gasteiger partial charge in [0, 0.05) is 23.4 Å². The normalized spacial score (nSPS) is 14.0. The second-order valence-electron chi connectivity index (χ2n) is 7.24. The summed E-state index contributed by atoms with van der Waals surface area (Å²) >= 11 is 1.48. The molecule has 178 valence electrons. The number of aliphatic carboxylic acids is 1. The second-order valence-corrected chi connectivity index (χ2v) is 8.38. The van der Waals surface area contributed by atoms with E-state index in [0.717, 1.165) is 19.5 Å². The monoisotopic (exact) mass is 490 g/mol. The summed E-state index contributed by atoms with van der Waals surface area (Å²) in [6.07, 6.45) is -6.66. The van der Waals surface area contributed by atoms with Crippen molar-refractivity contribution < 1.29 is 36.6 Å². The fraction of sp³-hybridized carbons (Fsp3) is 0.350. The molecule has 1 amide bonds. The summed E-state index contributed by atoms with van der Waals surface area (Å²) in [5, 5.41) is 14.8. The number of amides is 1. The van der Waals surface area contributed by atoms with E-state index in [1.807, 2.05) is 6.07 Å². The van der Waals surface area contributed by atoms with Gasteiger partial charge < -0.3 is 15.3 Å². The van der Waals surface area contributed by atoms with Gasteiger partial charge in [-0.15, -0.1) is 11.3 Å². The lowest BCUT2D eigenvalue weighted by Gasteiger charge is -2.21. The molecule has 0 saturated carbocycles. The molecule has 0 bridgehead atoms. The number of aromatic nitrogens is 2. The Kier molecular flexibility index (Phi) is 7.32. The first kappa shape index (κ1) is 24.6. The van der Waals surface area contributed by atoms with Gasteiger partial charge in [0.25, 0.3) is 12.3 Å². The summed E-state index contributed by atoms with van der Waals surface area (Å²) in [7, 11) is 2.06. The molecule has 0 radical (unpaired) electrons. The number of likely N-dealkylation sites (N-methyl/N-ethyl adjacent to an activating group) is 1. The van der Waals surface area contributed by atoms with E-state index in [0.29, 0.717) is 21.6 Å². The molecule has 0 unspecified atom stereocenters. The molecule has 2 N–H and O–H groups in total. The Morgan fingerprint density at radius 3 is 2.58 bits per heavy atom. The molecule has 3 heterocycles. The van der Waals surface area contributed by atoms with Crippen LogP contribution >= 0.6 is 11.3 Å². The summed E-state index contributed by atoms with van der Waals surface area (Å²) in [6.45, 7) is 1.32. The summed E-state index contributed by atoms with van der Waals surface area (Å²) in [5.41, 5.74) is 1.79. The summed E-state index contributed by atoms with van der Waals surface area (Å²) in [6, 6.07) is 8.99. The SMILES string of the molecule is CN1CCc2cc(C(=O)Nc3nn(CC(F)F)c4ccccc34)sc2C1.O=C(O)C(F)(F)F. The summed E-state index contributed by atoms with van der Waals surface area (Å²) in [4.78, 5) is 25.6. The Bertz CT molecular complexity index is 1160. The maximum absolute atomic E-state index is 12.8. The summed E-state index contributed by atoms with van der Waals surface area (Å²) < 4.78 is 58.6. The quantitative estimate of drug-likeness (QED) is 0.535. The van der Waals surface area contributed by atoms with E-state index in [-0.39, 0.29) is 5.91 Å². The van der Waals surface area contributed by atoms with Crippen molar-refractivity contribution in [1.29, 1.82) is 0 Å². The number of hydrogen-bond acceptors (Lipinski definition) is 5. The van der Waals surface area contributed by atoms with Gasteiger partial charge in [-0.2, -0.15) is 18.3 Å². The molecule has 0 atom stereocenters. The predicted octanol–water partition coefficient (Wildman–Crippen LogP) is 4.24. The van der Waals surface area contributed by atoms with E-state index in [4.69, 9.17) is 9.90 Å². The number of alkyl halides is 5. The van der Waals surface area contributed by atoms with E-state index in [1.54, 1.807) is 24.3 Å². The molecule has 33 heavy (non-hydrogen) atoms. The first-order valence-corrected chi connectivity index (χ1v) is 10.4. The van der Waals surface area contributed by atoms with Crippen molar-refractivity contribution in [2.24, 2.45) is 0 Å². The summed E-state index contributed by atoms with van der Waals surface area (Å²) in [5.74, 6) is -2.69. The van der Waals surface area contributed by atoms with Crippen LogP contribution in [0.5, 0.6) is 0 Å². The molecule has 0 saturated heterocycles. The number of rotatable bonds is 4. The third-order valence-corrected chi connectivity index (χ3v) is 5.90. The highest BCUT2D eigenvalue weighted by Gasteiger charge is 2.38. The lowest BCUT2D eigenvalue weighted by molar-refractivity contribution is -0.192. The Hall–Kier alpha value is -3.06. The number of benzene rings is 1. The van der Waals surface area contributed by atoms with E-state index in [9.17, 15) is 26.7 Å². The Morgan fingerprint density at radius 1 is 1.27 bits per heavy atom. The molecule has 2 aromatic heterocycles. The van der Waals surface area contributed by atoms with Crippen molar-refractivity contribution in [3.8, 4) is 0 Å². The van der Waals surface area contributed by atoms with Gasteiger partial charge in [-0.05, 0) is 37.2 Å². The van der Waals surface area contributed by atoms with E-state index >= 15 is 0 Å². The molecule has 4 rings (SSSR count). The van der Waals surface area contributed by atoms with Gasteiger partial charge in [-0.1, -0.05) is 12.1 Å². The van der Waals surface area contributed by atoms with Crippen molar-refractivity contribution in [1.82, 2.24) is 14.7 Å². The average Bonchev–Trinajstić information content (AvgIpc) is 3.29. The highest BCUT2D eigenvalue weighted by Crippen LogP contribution is 2.29. The highest BCUT2D eigenvalue weighted by atomic mass is 32.1. The van der Waals surface area contributed by atoms with Gasteiger partial charge >= 0.3 is 12.1 Å². The van der Waals surface area contributed by atoms with Gasteiger partial charge in [-0.3, -0.25) is 9.48 Å². The van der Waals surface area contributed by atoms with Crippen molar-refractivity contribution in [2.45, 2.75) is 32.1 Å². The van der Waals surface area contributed by atoms with E-state index < -0.39 is 25.1 Å². The smallest absolute Gasteiger partial charge is 0.475 e. The number of carbonyl (C=O) groups is 2. The number of carbonyl (C=O) groups excluding carboxylic acids is 1. The molecule has 1 aromatic carbocycles. The van der Waals surface area contributed by atoms with Gasteiger partial charge in [-0.25, -0.2) is 13.6 Å². The Balaban J connectivity index is 0.000000383. The van der Waals surface area contributed by atoms with Gasteiger partial charge in [0.1, 0.15) is 6.54 Å². The molecular weight excluding hydrogens is 471 g/mol. The number of hydrogen-bond donors (Lipinski definition) is 2. The number of nitrogens with zero attached hydrogens (tertiary/aromatic N) is 3. The maximum Gasteiger partial charge on any atom is 0.490 e. The number of fused-ring (bicyclic) bond motifs is 2. The number of thiophene rings is 1. The maximum atomic E-state index is 12.8. The van der Waals surface area contributed by atoms with Crippen molar-refractivity contribution >= 4 is 39.9 Å². The van der Waals surface area contributed by atoms with Crippen LogP contribution < -0.4 is 5.32 Å². The molecular formula is C20H19F5N4O3S. The topological polar surface area (TPSA) is 87.5 Å². The Morgan fingerprint density at radius 2 is 1.94 bits per heavy atom. The fourth-order valence-corrected chi connectivity index (χ4v) is 4.41. The van der Waals surface area contributed by atoms with E-state index in [2.05, 4.69) is 22.4 Å². The zero-order chi connectivity index (χ0) is 24.3. The first-order valence-electron chi connectivity index (χ1n) is 9.61. The number of carboxylic acid groups (broad SMARTS) is 1. The van der Waals surface area contributed by atoms with Gasteiger partial charge in [0.2, 0.25) is 0 Å². The molecule has 0 spiro atoms. The van der Waals surface area contributed by atoms with Crippen molar-refractivity contribution in [3.05, 3.63) is 45.6 Å². The van der Waals surface area contributed by atoms with Crippen molar-refractivity contribution in [3.63, 3.8) is 0 Å². The number of carboxylic acids is 1. The molecule has 1 aliphatic heterocycles. The van der Waals surface area contributed by atoms with Crippen LogP contribution in [0.3, 0.4) is 0 Å². The minimum Gasteiger partial charge on any atom is -0.475 e. The predicted molar refractivity (Wildman–Crippen MR) is 112 cm³/mol. The van der Waals surface area contributed by atoms with Crippen LogP contribution in [0.15, 0.2) is 30.3 Å². The minimum atomic E-state index is -5.08. The molecule has 1 aliphatic rings. The zero-order valence-corrected chi connectivity index (χ0v) is 18.0. The molecule has 0 fully saturated rings. The van der Waals surface area contributed by atoms with Crippen molar-refractivity contribution in [2.75, 3.05) is 18.9 Å². The molecule has 13 heteroatoms.